The van der Waals surface area contributed by atoms with Crippen LogP contribution < -0.4 is 5.32 Å². The molecule has 1 aromatic carbocycles. The topological polar surface area (TPSA) is 65.0 Å². The second kappa shape index (κ2) is 8.30. The summed E-state index contributed by atoms with van der Waals surface area (Å²) >= 11 is 1.52. The number of carbonyl (C=O) groups is 2. The van der Waals surface area contributed by atoms with Crippen molar-refractivity contribution >= 4 is 29.0 Å². The third kappa shape index (κ3) is 4.16. The molecule has 142 valence electrons. The summed E-state index contributed by atoms with van der Waals surface area (Å²) in [5, 5.41) is 10.4. The molecule has 0 saturated heterocycles. The van der Waals surface area contributed by atoms with Gasteiger partial charge in [-0.05, 0) is 24.4 Å². The number of thiophene rings is 1. The summed E-state index contributed by atoms with van der Waals surface area (Å²) in [6.07, 6.45) is 0.429. The zero-order valence-electron chi connectivity index (χ0n) is 15.2. The van der Waals surface area contributed by atoms with Gasteiger partial charge in [-0.15, -0.1) is 11.3 Å². The summed E-state index contributed by atoms with van der Waals surface area (Å²) in [5.41, 5.74) is 1.16. The Morgan fingerprint density at radius 3 is 2.78 bits per heavy atom. The highest BCUT2D eigenvalue weighted by atomic mass is 32.1. The zero-order valence-corrected chi connectivity index (χ0v) is 16.0. The van der Waals surface area contributed by atoms with E-state index >= 15 is 0 Å². The van der Waals surface area contributed by atoms with Gasteiger partial charge in [-0.2, -0.15) is 5.10 Å². The van der Waals surface area contributed by atoms with E-state index in [-0.39, 0.29) is 24.3 Å². The number of hydrogen-bond acceptors (Lipinski definition) is 4. The van der Waals surface area contributed by atoms with Crippen LogP contribution in [0.25, 0.3) is 0 Å². The molecule has 8 heteroatoms. The Balaban J connectivity index is 1.86. The summed E-state index contributed by atoms with van der Waals surface area (Å²) in [6, 6.07) is 9.37. The third-order valence-electron chi connectivity index (χ3n) is 4.28. The van der Waals surface area contributed by atoms with Gasteiger partial charge in [0.1, 0.15) is 12.4 Å². The molecular formula is C19H21FN4O2S. The zero-order chi connectivity index (χ0) is 19.4. The fraction of sp³-hybridized carbons (Fsp3) is 0.316. The molecule has 0 spiro atoms. The van der Waals surface area contributed by atoms with Crippen LogP contribution in [0.4, 0.5) is 9.18 Å². The maximum absolute atomic E-state index is 14.4. The molecular weight excluding hydrogens is 367 g/mol. The van der Waals surface area contributed by atoms with Crippen molar-refractivity contribution in [1.29, 1.82) is 0 Å². The normalized spacial score (nSPS) is 16.2. The van der Waals surface area contributed by atoms with Crippen LogP contribution in [0, 0.1) is 5.82 Å². The minimum absolute atomic E-state index is 0.141. The second-order valence-corrected chi connectivity index (χ2v) is 7.14. The van der Waals surface area contributed by atoms with Crippen molar-refractivity contribution in [2.75, 3.05) is 20.1 Å². The van der Waals surface area contributed by atoms with E-state index in [0.717, 1.165) is 10.6 Å². The highest BCUT2D eigenvalue weighted by Gasteiger charge is 2.35. The standard InChI is InChI=1S/C19H21FN4O2S/c1-3-21-19(26)23(2)12-18(25)24-16(13-7-4-5-8-14(13)20)11-15(22-24)17-9-6-10-27-17/h4-10,16H,3,11-12H2,1-2H3,(H,21,26)/t16-/m0/s1. The first-order valence-corrected chi connectivity index (χ1v) is 9.56. The number of urea groups is 1. The lowest BCUT2D eigenvalue weighted by atomic mass is 10.0. The van der Waals surface area contributed by atoms with Gasteiger partial charge in [0.2, 0.25) is 0 Å². The minimum atomic E-state index is -0.529. The Labute approximate surface area is 161 Å². The van der Waals surface area contributed by atoms with Crippen molar-refractivity contribution in [1.82, 2.24) is 15.2 Å². The Hall–Kier alpha value is -2.74. The van der Waals surface area contributed by atoms with Crippen molar-refractivity contribution in [3.8, 4) is 0 Å². The molecule has 1 aliphatic heterocycles. The molecule has 1 aromatic heterocycles. The molecule has 2 aromatic rings. The summed E-state index contributed by atoms with van der Waals surface area (Å²) in [7, 11) is 1.54. The van der Waals surface area contributed by atoms with Gasteiger partial charge in [-0.3, -0.25) is 4.79 Å². The first kappa shape index (κ1) is 19.0. The lowest BCUT2D eigenvalue weighted by molar-refractivity contribution is -0.133. The largest absolute Gasteiger partial charge is 0.338 e. The molecule has 0 aliphatic carbocycles. The van der Waals surface area contributed by atoms with Crippen LogP contribution >= 0.6 is 11.3 Å². The summed E-state index contributed by atoms with van der Waals surface area (Å²) < 4.78 is 14.4. The first-order valence-electron chi connectivity index (χ1n) is 8.68. The van der Waals surface area contributed by atoms with E-state index in [4.69, 9.17) is 0 Å². The summed E-state index contributed by atoms with van der Waals surface area (Å²) in [6.45, 7) is 2.14. The van der Waals surface area contributed by atoms with Crippen LogP contribution in [-0.2, 0) is 4.79 Å². The molecule has 1 N–H and O–H groups in total. The average molecular weight is 388 g/mol. The summed E-state index contributed by atoms with van der Waals surface area (Å²) in [4.78, 5) is 27.0. The number of rotatable bonds is 5. The molecule has 0 radical (unpaired) electrons. The van der Waals surface area contributed by atoms with Crippen molar-refractivity contribution in [3.63, 3.8) is 0 Å². The van der Waals surface area contributed by atoms with Gasteiger partial charge in [0.25, 0.3) is 5.91 Å². The average Bonchev–Trinajstić information content (AvgIpc) is 3.32. The highest BCUT2D eigenvalue weighted by molar-refractivity contribution is 7.12. The number of likely N-dealkylation sites (N-methyl/N-ethyl adjacent to an activating group) is 1. The molecule has 2 heterocycles. The maximum atomic E-state index is 14.4. The monoisotopic (exact) mass is 388 g/mol. The number of nitrogens with one attached hydrogen (secondary N) is 1. The van der Waals surface area contributed by atoms with Gasteiger partial charge in [-0.25, -0.2) is 14.2 Å². The number of carbonyl (C=O) groups excluding carboxylic acids is 2. The van der Waals surface area contributed by atoms with E-state index in [0.29, 0.717) is 18.5 Å². The molecule has 0 bridgehead atoms. The van der Waals surface area contributed by atoms with Crippen molar-refractivity contribution in [2.24, 2.45) is 5.10 Å². The number of benzene rings is 1. The summed E-state index contributed by atoms with van der Waals surface area (Å²) in [5.74, 6) is -0.733. The molecule has 1 atom stereocenters. The SMILES string of the molecule is CCNC(=O)N(C)CC(=O)N1N=C(c2cccs2)C[C@H]1c1ccccc1F. The number of hydrogen-bond donors (Lipinski definition) is 1. The van der Waals surface area contributed by atoms with Crippen LogP contribution in [-0.4, -0.2) is 47.7 Å². The van der Waals surface area contributed by atoms with E-state index < -0.39 is 6.04 Å². The van der Waals surface area contributed by atoms with Crippen LogP contribution in [0.1, 0.15) is 29.8 Å². The van der Waals surface area contributed by atoms with E-state index in [1.165, 1.54) is 27.3 Å². The number of nitrogens with zero attached hydrogens (tertiary/aromatic N) is 3. The lowest BCUT2D eigenvalue weighted by Crippen LogP contribution is -2.43. The molecule has 0 saturated carbocycles. The predicted octanol–water partition coefficient (Wildman–Crippen LogP) is 3.23. The Morgan fingerprint density at radius 2 is 2.11 bits per heavy atom. The van der Waals surface area contributed by atoms with Gasteiger partial charge in [0, 0.05) is 25.6 Å². The van der Waals surface area contributed by atoms with Crippen molar-refractivity contribution in [2.45, 2.75) is 19.4 Å². The van der Waals surface area contributed by atoms with Crippen molar-refractivity contribution < 1.29 is 14.0 Å². The Bertz CT molecular complexity index is 853. The molecule has 3 rings (SSSR count). The molecule has 0 fully saturated rings. The van der Waals surface area contributed by atoms with E-state index in [1.54, 1.807) is 32.2 Å². The number of amides is 3. The maximum Gasteiger partial charge on any atom is 0.317 e. The predicted molar refractivity (Wildman–Crippen MR) is 103 cm³/mol. The minimum Gasteiger partial charge on any atom is -0.338 e. The van der Waals surface area contributed by atoms with Crippen molar-refractivity contribution in [3.05, 3.63) is 58.0 Å². The molecule has 1 aliphatic rings. The van der Waals surface area contributed by atoms with E-state index in [1.807, 2.05) is 17.5 Å². The van der Waals surface area contributed by atoms with Crippen LogP contribution in [0.2, 0.25) is 0 Å². The van der Waals surface area contributed by atoms with E-state index in [2.05, 4.69) is 10.4 Å². The number of hydrazone groups is 1. The molecule has 0 unspecified atom stereocenters. The van der Waals surface area contributed by atoms with Crippen LogP contribution in [0.15, 0.2) is 46.9 Å². The fourth-order valence-electron chi connectivity index (χ4n) is 2.95. The highest BCUT2D eigenvalue weighted by Crippen LogP contribution is 2.35. The molecule has 6 nitrogen and oxygen atoms in total. The first-order chi connectivity index (χ1) is 13.0. The Morgan fingerprint density at radius 1 is 1.33 bits per heavy atom. The van der Waals surface area contributed by atoms with Gasteiger partial charge >= 0.3 is 6.03 Å². The molecule has 27 heavy (non-hydrogen) atoms. The smallest absolute Gasteiger partial charge is 0.317 e. The lowest BCUT2D eigenvalue weighted by Gasteiger charge is -2.25. The van der Waals surface area contributed by atoms with Crippen LogP contribution in [0.3, 0.4) is 0 Å². The number of halogens is 1. The van der Waals surface area contributed by atoms with E-state index in [9.17, 15) is 14.0 Å². The Kier molecular flexibility index (Phi) is 5.85. The van der Waals surface area contributed by atoms with Gasteiger partial charge in [0.05, 0.1) is 16.6 Å². The third-order valence-corrected chi connectivity index (χ3v) is 5.20. The second-order valence-electron chi connectivity index (χ2n) is 6.20. The van der Waals surface area contributed by atoms with Gasteiger partial charge in [-0.1, -0.05) is 24.3 Å². The van der Waals surface area contributed by atoms with Gasteiger partial charge < -0.3 is 10.2 Å². The van der Waals surface area contributed by atoms with Crippen LogP contribution in [0.5, 0.6) is 0 Å². The van der Waals surface area contributed by atoms with Gasteiger partial charge in [0.15, 0.2) is 0 Å². The fourth-order valence-corrected chi connectivity index (χ4v) is 3.67. The molecule has 3 amide bonds. The quantitative estimate of drug-likeness (QED) is 0.855.